The van der Waals surface area contributed by atoms with Crippen molar-refractivity contribution in [2.24, 2.45) is 0 Å². The topological polar surface area (TPSA) is 43.4 Å². The summed E-state index contributed by atoms with van der Waals surface area (Å²) in [6.45, 7) is 2.34. The van der Waals surface area contributed by atoms with E-state index in [1.165, 1.54) is 25.7 Å². The van der Waals surface area contributed by atoms with Gasteiger partial charge in [-0.3, -0.25) is 4.98 Å². The molecule has 1 aromatic rings. The molecule has 1 N–H and O–H groups in total. The van der Waals surface area contributed by atoms with E-state index in [1.807, 2.05) is 18.3 Å². The van der Waals surface area contributed by atoms with Gasteiger partial charge in [-0.1, -0.05) is 0 Å². The lowest BCUT2D eigenvalue weighted by atomic mass is 10.3. The molecule has 0 bridgehead atoms. The number of pyridine rings is 1. The second-order valence-corrected chi connectivity index (χ2v) is 4.68. The van der Waals surface area contributed by atoms with Gasteiger partial charge in [-0.25, -0.2) is 0 Å². The predicted molar refractivity (Wildman–Crippen MR) is 70.7 cm³/mol. The van der Waals surface area contributed by atoms with Crippen LogP contribution in [0.3, 0.4) is 0 Å². The van der Waals surface area contributed by atoms with Gasteiger partial charge in [0.1, 0.15) is 5.75 Å². The number of hydrogen-bond acceptors (Lipinski definition) is 4. The maximum Gasteiger partial charge on any atom is 0.138 e. The Labute approximate surface area is 109 Å². The Bertz CT molecular complexity index is 334. The van der Waals surface area contributed by atoms with Crippen molar-refractivity contribution in [3.05, 3.63) is 24.0 Å². The normalized spacial score (nSPS) is 16.1. The second kappa shape index (κ2) is 7.34. The lowest BCUT2D eigenvalue weighted by Crippen LogP contribution is -2.19. The zero-order valence-electron chi connectivity index (χ0n) is 11.0. The zero-order valence-corrected chi connectivity index (χ0v) is 11.0. The second-order valence-electron chi connectivity index (χ2n) is 4.68. The number of nitrogens with one attached hydrogen (secondary N) is 1. The molecule has 0 unspecified atom stereocenters. The van der Waals surface area contributed by atoms with E-state index >= 15 is 0 Å². The Morgan fingerprint density at radius 3 is 2.83 bits per heavy atom. The van der Waals surface area contributed by atoms with Gasteiger partial charge in [0, 0.05) is 20.2 Å². The molecule has 0 radical (unpaired) electrons. The van der Waals surface area contributed by atoms with Gasteiger partial charge in [0.15, 0.2) is 0 Å². The highest BCUT2D eigenvalue weighted by Crippen LogP contribution is 2.23. The van der Waals surface area contributed by atoms with E-state index in [9.17, 15) is 0 Å². The number of hydrogen-bond donors (Lipinski definition) is 1. The van der Waals surface area contributed by atoms with Crippen LogP contribution in [0.4, 0.5) is 0 Å². The summed E-state index contributed by atoms with van der Waals surface area (Å²) in [5, 5.41) is 3.27. The predicted octanol–water partition coefficient (Wildman–Crippen LogP) is 2.14. The minimum atomic E-state index is 0.400. The van der Waals surface area contributed by atoms with Gasteiger partial charge < -0.3 is 14.8 Å². The molecular weight excluding hydrogens is 228 g/mol. The Morgan fingerprint density at radius 2 is 2.17 bits per heavy atom. The van der Waals surface area contributed by atoms with Crippen LogP contribution in [0.25, 0.3) is 0 Å². The van der Waals surface area contributed by atoms with E-state index < -0.39 is 0 Å². The van der Waals surface area contributed by atoms with Gasteiger partial charge in [-0.15, -0.1) is 0 Å². The summed E-state index contributed by atoms with van der Waals surface area (Å²) in [4.78, 5) is 4.39. The standard InChI is InChI=1S/C14H22N2O2/c1-17-9-8-15-10-12-6-7-14(11-16-12)18-13-4-2-3-5-13/h6-7,11,13,15H,2-5,8-10H2,1H3. The number of ether oxygens (including phenoxy) is 2. The number of aromatic nitrogens is 1. The van der Waals surface area contributed by atoms with E-state index in [2.05, 4.69) is 10.3 Å². The summed E-state index contributed by atoms with van der Waals surface area (Å²) in [7, 11) is 1.70. The summed E-state index contributed by atoms with van der Waals surface area (Å²) in [5.41, 5.74) is 1.03. The molecule has 1 aromatic heterocycles. The highest BCUT2D eigenvalue weighted by molar-refractivity contribution is 5.20. The largest absolute Gasteiger partial charge is 0.489 e. The van der Waals surface area contributed by atoms with Gasteiger partial charge in [0.2, 0.25) is 0 Å². The molecule has 0 spiro atoms. The van der Waals surface area contributed by atoms with Gasteiger partial charge >= 0.3 is 0 Å². The molecule has 0 aromatic carbocycles. The first-order valence-electron chi connectivity index (χ1n) is 6.70. The van der Waals surface area contributed by atoms with Crippen LogP contribution in [-0.2, 0) is 11.3 Å². The van der Waals surface area contributed by atoms with Crippen LogP contribution in [0.1, 0.15) is 31.4 Å². The van der Waals surface area contributed by atoms with Crippen LogP contribution < -0.4 is 10.1 Å². The number of methoxy groups -OCH3 is 1. The highest BCUT2D eigenvalue weighted by Gasteiger charge is 2.16. The maximum atomic E-state index is 5.87. The molecule has 4 nitrogen and oxygen atoms in total. The van der Waals surface area contributed by atoms with E-state index in [0.717, 1.165) is 31.1 Å². The fourth-order valence-corrected chi connectivity index (χ4v) is 2.17. The fraction of sp³-hybridized carbons (Fsp3) is 0.643. The van der Waals surface area contributed by atoms with E-state index in [1.54, 1.807) is 7.11 Å². The third-order valence-electron chi connectivity index (χ3n) is 3.19. The average Bonchev–Trinajstić information content (AvgIpc) is 2.89. The molecule has 1 aliphatic rings. The summed E-state index contributed by atoms with van der Waals surface area (Å²) in [6.07, 6.45) is 7.17. The minimum absolute atomic E-state index is 0.400. The Balaban J connectivity index is 1.74. The first-order chi connectivity index (χ1) is 8.88. The van der Waals surface area contributed by atoms with E-state index in [0.29, 0.717) is 6.10 Å². The van der Waals surface area contributed by atoms with Crippen molar-refractivity contribution in [1.82, 2.24) is 10.3 Å². The summed E-state index contributed by atoms with van der Waals surface area (Å²) in [6, 6.07) is 4.03. The van der Waals surface area contributed by atoms with Crippen molar-refractivity contribution in [1.29, 1.82) is 0 Å². The molecule has 1 heterocycles. The maximum absolute atomic E-state index is 5.87. The fourth-order valence-electron chi connectivity index (χ4n) is 2.17. The molecule has 0 amide bonds. The molecule has 4 heteroatoms. The van der Waals surface area contributed by atoms with Crippen molar-refractivity contribution in [2.45, 2.75) is 38.3 Å². The van der Waals surface area contributed by atoms with Crippen LogP contribution in [0.5, 0.6) is 5.75 Å². The van der Waals surface area contributed by atoms with Gasteiger partial charge in [0.25, 0.3) is 0 Å². The Morgan fingerprint density at radius 1 is 1.33 bits per heavy atom. The lowest BCUT2D eigenvalue weighted by molar-refractivity contribution is 0.199. The Kier molecular flexibility index (Phi) is 5.42. The monoisotopic (exact) mass is 250 g/mol. The average molecular weight is 250 g/mol. The molecule has 100 valence electrons. The van der Waals surface area contributed by atoms with Crippen LogP contribution in [0.15, 0.2) is 18.3 Å². The first kappa shape index (κ1) is 13.3. The summed E-state index contributed by atoms with van der Waals surface area (Å²) in [5.74, 6) is 0.891. The van der Waals surface area contributed by atoms with Gasteiger partial charge in [-0.05, 0) is 37.8 Å². The quantitative estimate of drug-likeness (QED) is 0.753. The molecule has 1 fully saturated rings. The van der Waals surface area contributed by atoms with E-state index in [-0.39, 0.29) is 0 Å². The molecule has 2 rings (SSSR count). The van der Waals surface area contributed by atoms with Crippen molar-refractivity contribution < 1.29 is 9.47 Å². The molecule has 0 atom stereocenters. The molecule has 0 saturated heterocycles. The summed E-state index contributed by atoms with van der Waals surface area (Å²) < 4.78 is 10.8. The van der Waals surface area contributed by atoms with Crippen molar-refractivity contribution in [3.63, 3.8) is 0 Å². The summed E-state index contributed by atoms with van der Waals surface area (Å²) >= 11 is 0. The highest BCUT2D eigenvalue weighted by atomic mass is 16.5. The third kappa shape index (κ3) is 4.27. The molecule has 1 aliphatic carbocycles. The molecular formula is C14H22N2O2. The van der Waals surface area contributed by atoms with Gasteiger partial charge in [-0.2, -0.15) is 0 Å². The third-order valence-corrected chi connectivity index (χ3v) is 3.19. The van der Waals surface area contributed by atoms with Crippen LogP contribution in [-0.4, -0.2) is 31.3 Å². The molecule has 1 saturated carbocycles. The SMILES string of the molecule is COCCNCc1ccc(OC2CCCC2)cn1. The van der Waals surface area contributed by atoms with Crippen molar-refractivity contribution >= 4 is 0 Å². The van der Waals surface area contributed by atoms with Crippen LogP contribution >= 0.6 is 0 Å². The van der Waals surface area contributed by atoms with Crippen molar-refractivity contribution in [2.75, 3.05) is 20.3 Å². The smallest absolute Gasteiger partial charge is 0.138 e. The minimum Gasteiger partial charge on any atom is -0.489 e. The van der Waals surface area contributed by atoms with Crippen molar-refractivity contribution in [3.8, 4) is 5.75 Å². The molecule has 0 aliphatic heterocycles. The number of nitrogens with zero attached hydrogens (tertiary/aromatic N) is 1. The number of rotatable bonds is 7. The van der Waals surface area contributed by atoms with Crippen LogP contribution in [0.2, 0.25) is 0 Å². The zero-order chi connectivity index (χ0) is 12.6. The Hall–Kier alpha value is -1.13. The lowest BCUT2D eigenvalue weighted by Gasteiger charge is -2.12. The van der Waals surface area contributed by atoms with E-state index in [4.69, 9.17) is 9.47 Å². The van der Waals surface area contributed by atoms with Gasteiger partial charge in [0.05, 0.1) is 24.6 Å². The molecule has 18 heavy (non-hydrogen) atoms. The van der Waals surface area contributed by atoms with Crippen LogP contribution in [0, 0.1) is 0 Å². The first-order valence-corrected chi connectivity index (χ1v) is 6.70.